The van der Waals surface area contributed by atoms with Crippen LogP contribution in [0.25, 0.3) is 11.0 Å². The van der Waals surface area contributed by atoms with Crippen molar-refractivity contribution in [1.82, 2.24) is 14.9 Å². The Morgan fingerprint density at radius 2 is 2.31 bits per heavy atom. The number of nitrogens with zero attached hydrogens (tertiary/aromatic N) is 2. The second kappa shape index (κ2) is 4.18. The van der Waals surface area contributed by atoms with Gasteiger partial charge in [0, 0.05) is 12.6 Å². The Bertz CT molecular complexity index is 500. The number of fused-ring (bicyclic) bond motifs is 1. The first kappa shape index (κ1) is 10.3. The summed E-state index contributed by atoms with van der Waals surface area (Å²) in [6.07, 6.45) is 2.55. The van der Waals surface area contributed by atoms with Gasteiger partial charge in [-0.1, -0.05) is 12.1 Å². The molecule has 1 atom stereocenters. The van der Waals surface area contributed by atoms with E-state index in [1.165, 1.54) is 18.4 Å². The van der Waals surface area contributed by atoms with Gasteiger partial charge in [0.25, 0.3) is 0 Å². The second-order valence-electron chi connectivity index (χ2n) is 4.27. The van der Waals surface area contributed by atoms with Crippen LogP contribution < -0.4 is 5.32 Å². The molecule has 0 amide bonds. The first-order chi connectivity index (χ1) is 7.84. The van der Waals surface area contributed by atoms with Crippen LogP contribution in [-0.4, -0.2) is 22.1 Å². The Hall–Kier alpha value is -0.870. The molecule has 1 aromatic carbocycles. The number of halogens is 1. The van der Waals surface area contributed by atoms with E-state index in [9.17, 15) is 0 Å². The van der Waals surface area contributed by atoms with Crippen LogP contribution >= 0.6 is 15.9 Å². The normalized spacial score (nSPS) is 20.7. The average molecular weight is 280 g/mol. The van der Waals surface area contributed by atoms with E-state index >= 15 is 0 Å². The highest BCUT2D eigenvalue weighted by atomic mass is 79.9. The van der Waals surface area contributed by atoms with E-state index in [0.717, 1.165) is 23.3 Å². The van der Waals surface area contributed by atoms with Crippen molar-refractivity contribution in [2.75, 3.05) is 6.54 Å². The van der Waals surface area contributed by atoms with Crippen LogP contribution in [0.4, 0.5) is 0 Å². The van der Waals surface area contributed by atoms with E-state index in [1.54, 1.807) is 0 Å². The van der Waals surface area contributed by atoms with E-state index in [2.05, 4.69) is 49.0 Å². The summed E-state index contributed by atoms with van der Waals surface area (Å²) in [5.41, 5.74) is 2.27. The van der Waals surface area contributed by atoms with Crippen LogP contribution in [0.3, 0.4) is 0 Å². The van der Waals surface area contributed by atoms with Gasteiger partial charge in [-0.15, -0.1) is 0 Å². The van der Waals surface area contributed by atoms with E-state index in [4.69, 9.17) is 0 Å². The molecule has 1 saturated heterocycles. The third-order valence-electron chi connectivity index (χ3n) is 3.17. The zero-order chi connectivity index (χ0) is 11.0. The monoisotopic (exact) mass is 279 g/mol. The summed E-state index contributed by atoms with van der Waals surface area (Å²) in [6.45, 7) is 2.15. The zero-order valence-corrected chi connectivity index (χ0v) is 10.6. The lowest BCUT2D eigenvalue weighted by atomic mass is 10.2. The van der Waals surface area contributed by atoms with E-state index in [-0.39, 0.29) is 0 Å². The molecule has 2 aromatic rings. The molecular weight excluding hydrogens is 266 g/mol. The molecule has 1 aliphatic rings. The van der Waals surface area contributed by atoms with Gasteiger partial charge in [-0.05, 0) is 47.4 Å². The topological polar surface area (TPSA) is 29.9 Å². The van der Waals surface area contributed by atoms with Crippen LogP contribution in [-0.2, 0) is 6.54 Å². The molecule has 0 radical (unpaired) electrons. The van der Waals surface area contributed by atoms with Gasteiger partial charge in [0.05, 0.1) is 11.0 Å². The van der Waals surface area contributed by atoms with Crippen molar-refractivity contribution >= 4 is 27.0 Å². The van der Waals surface area contributed by atoms with Crippen LogP contribution in [0, 0.1) is 0 Å². The number of rotatable bonds is 2. The van der Waals surface area contributed by atoms with Gasteiger partial charge in [0.1, 0.15) is 0 Å². The molecule has 1 aliphatic heterocycles. The molecule has 1 unspecified atom stereocenters. The lowest BCUT2D eigenvalue weighted by Crippen LogP contribution is -2.26. The fourth-order valence-electron chi connectivity index (χ4n) is 2.35. The van der Waals surface area contributed by atoms with Crippen molar-refractivity contribution in [3.63, 3.8) is 0 Å². The van der Waals surface area contributed by atoms with Gasteiger partial charge in [0.2, 0.25) is 0 Å². The van der Waals surface area contributed by atoms with Gasteiger partial charge in [-0.2, -0.15) is 0 Å². The quantitative estimate of drug-likeness (QED) is 0.916. The molecule has 1 N–H and O–H groups in total. The summed E-state index contributed by atoms with van der Waals surface area (Å²) in [5.74, 6) is 0. The smallest absolute Gasteiger partial charge is 0.178 e. The fraction of sp³-hybridized carbons (Fsp3) is 0.417. The average Bonchev–Trinajstić information content (AvgIpc) is 2.89. The minimum Gasteiger partial charge on any atom is -0.317 e. The minimum absolute atomic E-state index is 0.592. The molecule has 0 aliphatic carbocycles. The highest BCUT2D eigenvalue weighted by Gasteiger charge is 2.17. The predicted molar refractivity (Wildman–Crippen MR) is 68.5 cm³/mol. The maximum absolute atomic E-state index is 4.51. The lowest BCUT2D eigenvalue weighted by Gasteiger charge is -2.12. The van der Waals surface area contributed by atoms with Crippen molar-refractivity contribution in [2.24, 2.45) is 0 Å². The van der Waals surface area contributed by atoms with Crippen molar-refractivity contribution in [1.29, 1.82) is 0 Å². The molecule has 3 rings (SSSR count). The van der Waals surface area contributed by atoms with Gasteiger partial charge < -0.3 is 9.88 Å². The van der Waals surface area contributed by atoms with Crippen molar-refractivity contribution in [2.45, 2.75) is 25.4 Å². The maximum Gasteiger partial charge on any atom is 0.178 e. The summed E-state index contributed by atoms with van der Waals surface area (Å²) >= 11 is 3.54. The first-order valence-corrected chi connectivity index (χ1v) is 6.48. The SMILES string of the molecule is Brc1nc2ccccc2n1CC1CCCN1. The maximum atomic E-state index is 4.51. The number of imidazole rings is 1. The molecule has 0 saturated carbocycles. The Balaban J connectivity index is 1.98. The third kappa shape index (κ3) is 1.76. The highest BCUT2D eigenvalue weighted by Crippen LogP contribution is 2.21. The second-order valence-corrected chi connectivity index (χ2v) is 4.98. The van der Waals surface area contributed by atoms with Crippen molar-refractivity contribution in [3.8, 4) is 0 Å². The molecule has 2 heterocycles. The Morgan fingerprint density at radius 1 is 1.44 bits per heavy atom. The fourth-order valence-corrected chi connectivity index (χ4v) is 2.88. The Kier molecular flexibility index (Phi) is 2.69. The van der Waals surface area contributed by atoms with Gasteiger partial charge in [-0.3, -0.25) is 0 Å². The zero-order valence-electron chi connectivity index (χ0n) is 8.99. The summed E-state index contributed by atoms with van der Waals surface area (Å²) in [4.78, 5) is 4.51. The molecule has 84 valence electrons. The van der Waals surface area contributed by atoms with Crippen LogP contribution in [0.2, 0.25) is 0 Å². The Labute approximate surface area is 103 Å². The van der Waals surface area contributed by atoms with Gasteiger partial charge in [0.15, 0.2) is 4.73 Å². The van der Waals surface area contributed by atoms with E-state index < -0.39 is 0 Å². The molecular formula is C12H14BrN3. The molecule has 0 bridgehead atoms. The summed E-state index contributed by atoms with van der Waals surface area (Å²) in [7, 11) is 0. The number of para-hydroxylation sites is 2. The number of benzene rings is 1. The van der Waals surface area contributed by atoms with Crippen molar-refractivity contribution in [3.05, 3.63) is 29.0 Å². The van der Waals surface area contributed by atoms with E-state index in [1.807, 2.05) is 6.07 Å². The summed E-state index contributed by atoms with van der Waals surface area (Å²) in [5, 5.41) is 3.52. The molecule has 3 nitrogen and oxygen atoms in total. The van der Waals surface area contributed by atoms with Crippen molar-refractivity contribution < 1.29 is 0 Å². The largest absolute Gasteiger partial charge is 0.317 e. The van der Waals surface area contributed by atoms with Gasteiger partial charge >= 0.3 is 0 Å². The molecule has 16 heavy (non-hydrogen) atoms. The first-order valence-electron chi connectivity index (χ1n) is 5.69. The summed E-state index contributed by atoms with van der Waals surface area (Å²) < 4.78 is 3.18. The molecule has 1 fully saturated rings. The lowest BCUT2D eigenvalue weighted by molar-refractivity contribution is 0.511. The number of hydrogen-bond acceptors (Lipinski definition) is 2. The molecule has 0 spiro atoms. The van der Waals surface area contributed by atoms with Crippen LogP contribution in [0.5, 0.6) is 0 Å². The van der Waals surface area contributed by atoms with E-state index in [0.29, 0.717) is 6.04 Å². The Morgan fingerprint density at radius 3 is 3.12 bits per heavy atom. The number of nitrogens with one attached hydrogen (secondary N) is 1. The predicted octanol–water partition coefficient (Wildman–Crippen LogP) is 2.55. The molecule has 1 aromatic heterocycles. The third-order valence-corrected chi connectivity index (χ3v) is 3.78. The summed E-state index contributed by atoms with van der Waals surface area (Å²) in [6, 6.07) is 8.87. The van der Waals surface area contributed by atoms with Crippen LogP contribution in [0.1, 0.15) is 12.8 Å². The number of hydrogen-bond donors (Lipinski definition) is 1. The van der Waals surface area contributed by atoms with Crippen LogP contribution in [0.15, 0.2) is 29.0 Å². The van der Waals surface area contributed by atoms with Gasteiger partial charge in [-0.25, -0.2) is 4.98 Å². The highest BCUT2D eigenvalue weighted by molar-refractivity contribution is 9.10. The molecule has 4 heteroatoms. The number of aromatic nitrogens is 2. The standard InChI is InChI=1S/C12H14BrN3/c13-12-15-10-5-1-2-6-11(10)16(12)8-9-4-3-7-14-9/h1-2,5-6,9,14H,3-4,7-8H2. The minimum atomic E-state index is 0.592.